The number of rotatable bonds is 10. The van der Waals surface area contributed by atoms with E-state index in [4.69, 9.17) is 23.2 Å². The lowest BCUT2D eigenvalue weighted by molar-refractivity contribution is -0.383. The number of hydrogen-bond donors (Lipinski definition) is 2. The van der Waals surface area contributed by atoms with Gasteiger partial charge in [-0.05, 0) is 37.1 Å². The maximum atomic E-state index is 12.9. The van der Waals surface area contributed by atoms with Crippen LogP contribution in [-0.4, -0.2) is 37.3 Å². The predicted octanol–water partition coefficient (Wildman–Crippen LogP) is 5.37. The second-order valence-corrected chi connectivity index (χ2v) is 9.80. The number of halogens is 2. The number of anilines is 1. The van der Waals surface area contributed by atoms with Gasteiger partial charge in [0, 0.05) is 17.6 Å². The summed E-state index contributed by atoms with van der Waals surface area (Å²) in [4.78, 5) is 36.0. The highest BCUT2D eigenvalue weighted by molar-refractivity contribution is 7.99. The van der Waals surface area contributed by atoms with Crippen LogP contribution in [0.3, 0.4) is 0 Å². The Hall–Kier alpha value is -3.15. The Bertz CT molecular complexity index is 1280. The first kappa shape index (κ1) is 27.4. The highest BCUT2D eigenvalue weighted by Crippen LogP contribution is 2.28. The molecule has 0 aliphatic rings. The molecule has 190 valence electrons. The molecule has 0 aliphatic carbocycles. The molecule has 0 aliphatic heterocycles. The molecule has 3 rings (SSSR count). The number of benzene rings is 2. The van der Waals surface area contributed by atoms with Gasteiger partial charge in [0.2, 0.25) is 5.91 Å². The molecule has 2 amide bonds. The average molecular weight is 551 g/mol. The molecule has 0 bridgehead atoms. The Kier molecular flexibility index (Phi) is 9.30. The molecular weight excluding hydrogens is 527 g/mol. The number of aromatic nitrogens is 3. The summed E-state index contributed by atoms with van der Waals surface area (Å²) in [7, 11) is 0. The Labute approximate surface area is 221 Å². The number of carbonyl (C=O) groups excluding carboxylic acids is 2. The molecule has 1 atom stereocenters. The van der Waals surface area contributed by atoms with Crippen LogP contribution in [0.2, 0.25) is 10.0 Å². The van der Waals surface area contributed by atoms with Crippen molar-refractivity contribution < 1.29 is 14.5 Å². The number of nitrogens with zero attached hydrogens (tertiary/aromatic N) is 4. The lowest BCUT2D eigenvalue weighted by Gasteiger charge is -2.22. The summed E-state index contributed by atoms with van der Waals surface area (Å²) >= 11 is 13.3. The topological polar surface area (TPSA) is 132 Å². The third-order valence-electron chi connectivity index (χ3n) is 5.18. The fraction of sp³-hybridized carbons (Fsp3) is 0.304. The van der Waals surface area contributed by atoms with E-state index in [0.717, 1.165) is 11.8 Å². The largest absolute Gasteiger partial charge is 0.342 e. The van der Waals surface area contributed by atoms with Crippen molar-refractivity contribution in [1.82, 2.24) is 20.1 Å². The van der Waals surface area contributed by atoms with Gasteiger partial charge in [-0.25, -0.2) is 0 Å². The molecule has 1 aromatic heterocycles. The molecule has 2 aromatic carbocycles. The van der Waals surface area contributed by atoms with Crippen LogP contribution in [0, 0.1) is 16.0 Å². The maximum absolute atomic E-state index is 12.9. The molecule has 0 saturated carbocycles. The first-order chi connectivity index (χ1) is 17.1. The Balaban J connectivity index is 1.74. The SMILES string of the molecule is CCn1c(SCC(=O)Nc2ccccc2[N+](=O)[O-])nnc1[C@H](NC(=O)c1ccc(Cl)cc1Cl)C(C)C. The number of hydrogen-bond acceptors (Lipinski definition) is 7. The molecule has 0 radical (unpaired) electrons. The summed E-state index contributed by atoms with van der Waals surface area (Å²) in [5, 5.41) is 26.4. The van der Waals surface area contributed by atoms with Gasteiger partial charge in [0.05, 0.1) is 27.3 Å². The second-order valence-electron chi connectivity index (χ2n) is 8.02. The lowest BCUT2D eigenvalue weighted by atomic mass is 10.0. The molecule has 36 heavy (non-hydrogen) atoms. The van der Waals surface area contributed by atoms with Crippen molar-refractivity contribution in [1.29, 1.82) is 0 Å². The highest BCUT2D eigenvalue weighted by Gasteiger charge is 2.27. The molecule has 2 N–H and O–H groups in total. The van der Waals surface area contributed by atoms with Gasteiger partial charge in [-0.1, -0.05) is 60.9 Å². The third kappa shape index (κ3) is 6.54. The number of nitrogens with one attached hydrogen (secondary N) is 2. The van der Waals surface area contributed by atoms with Crippen LogP contribution in [0.25, 0.3) is 0 Å². The van der Waals surface area contributed by atoms with Gasteiger partial charge in [0.1, 0.15) is 5.69 Å². The van der Waals surface area contributed by atoms with Crippen LogP contribution >= 0.6 is 35.0 Å². The zero-order valence-corrected chi connectivity index (χ0v) is 22.0. The number of thioether (sulfide) groups is 1. The minimum atomic E-state index is -0.555. The van der Waals surface area contributed by atoms with Crippen LogP contribution in [-0.2, 0) is 11.3 Å². The maximum Gasteiger partial charge on any atom is 0.292 e. The van der Waals surface area contributed by atoms with E-state index in [9.17, 15) is 19.7 Å². The summed E-state index contributed by atoms with van der Waals surface area (Å²) < 4.78 is 1.82. The van der Waals surface area contributed by atoms with E-state index in [0.29, 0.717) is 22.5 Å². The molecule has 13 heteroatoms. The standard InChI is InChI=1S/C23H24Cl2N6O4S/c1-4-30-21(20(13(2)3)27-22(33)15-10-9-14(24)11-16(15)25)28-29-23(30)36-12-19(32)26-17-7-5-6-8-18(17)31(34)35/h5-11,13,20H,4,12H2,1-3H3,(H,26,32)(H,27,33)/t20-/m1/s1. The van der Waals surface area contributed by atoms with E-state index in [1.807, 2.05) is 25.3 Å². The van der Waals surface area contributed by atoms with Crippen molar-refractivity contribution in [2.75, 3.05) is 11.1 Å². The van der Waals surface area contributed by atoms with Crippen LogP contribution in [0.15, 0.2) is 47.6 Å². The van der Waals surface area contributed by atoms with Crippen LogP contribution < -0.4 is 10.6 Å². The lowest BCUT2D eigenvalue weighted by Crippen LogP contribution is -2.34. The molecule has 3 aromatic rings. The minimum Gasteiger partial charge on any atom is -0.342 e. The summed E-state index contributed by atoms with van der Waals surface area (Å²) in [5.74, 6) is -0.336. The molecule has 0 fully saturated rings. The van der Waals surface area contributed by atoms with Crippen molar-refractivity contribution in [3.8, 4) is 0 Å². The molecule has 1 heterocycles. The number of para-hydroxylation sites is 2. The minimum absolute atomic E-state index is 0.0331. The van der Waals surface area contributed by atoms with Gasteiger partial charge in [-0.3, -0.25) is 19.7 Å². The smallest absolute Gasteiger partial charge is 0.292 e. The first-order valence-electron chi connectivity index (χ1n) is 11.0. The molecule has 10 nitrogen and oxygen atoms in total. The molecule has 0 saturated heterocycles. The summed E-state index contributed by atoms with van der Waals surface area (Å²) in [6.45, 7) is 6.28. The second kappa shape index (κ2) is 12.2. The molecule has 0 spiro atoms. The van der Waals surface area contributed by atoms with Gasteiger partial charge in [-0.2, -0.15) is 0 Å². The van der Waals surface area contributed by atoms with E-state index in [1.165, 1.54) is 24.3 Å². The Morgan fingerprint density at radius 1 is 1.17 bits per heavy atom. The summed E-state index contributed by atoms with van der Waals surface area (Å²) in [6, 6.07) is 10.1. The average Bonchev–Trinajstić information content (AvgIpc) is 3.23. The Morgan fingerprint density at radius 3 is 2.53 bits per heavy atom. The van der Waals surface area contributed by atoms with Crippen molar-refractivity contribution in [3.63, 3.8) is 0 Å². The van der Waals surface area contributed by atoms with Crippen molar-refractivity contribution in [2.24, 2.45) is 5.92 Å². The van der Waals surface area contributed by atoms with Crippen LogP contribution in [0.1, 0.15) is 43.0 Å². The molecule has 0 unspecified atom stereocenters. The number of carbonyl (C=O) groups is 2. The van der Waals surface area contributed by atoms with E-state index in [2.05, 4.69) is 20.8 Å². The van der Waals surface area contributed by atoms with Crippen LogP contribution in [0.4, 0.5) is 11.4 Å². The summed E-state index contributed by atoms with van der Waals surface area (Å²) in [6.07, 6.45) is 0. The van der Waals surface area contributed by atoms with Gasteiger partial charge < -0.3 is 15.2 Å². The van der Waals surface area contributed by atoms with Crippen molar-refractivity contribution in [2.45, 2.75) is 38.5 Å². The highest BCUT2D eigenvalue weighted by atomic mass is 35.5. The normalized spacial score (nSPS) is 11.8. The van der Waals surface area contributed by atoms with E-state index >= 15 is 0 Å². The van der Waals surface area contributed by atoms with Crippen molar-refractivity contribution >= 4 is 58.2 Å². The first-order valence-corrected chi connectivity index (χ1v) is 12.7. The zero-order chi connectivity index (χ0) is 26.4. The van der Waals surface area contributed by atoms with E-state index in [1.54, 1.807) is 18.2 Å². The van der Waals surface area contributed by atoms with E-state index in [-0.39, 0.29) is 39.5 Å². The van der Waals surface area contributed by atoms with Crippen LogP contribution in [0.5, 0.6) is 0 Å². The fourth-order valence-corrected chi connectivity index (χ4v) is 4.71. The monoisotopic (exact) mass is 550 g/mol. The number of amides is 2. The quantitative estimate of drug-likeness (QED) is 0.197. The Morgan fingerprint density at radius 2 is 1.89 bits per heavy atom. The number of nitro benzene ring substituents is 1. The summed E-state index contributed by atoms with van der Waals surface area (Å²) in [5.41, 5.74) is 0.218. The third-order valence-corrected chi connectivity index (χ3v) is 6.69. The van der Waals surface area contributed by atoms with E-state index < -0.39 is 16.9 Å². The van der Waals surface area contributed by atoms with Crippen molar-refractivity contribution in [3.05, 3.63) is 74.0 Å². The molecular formula is C23H24Cl2N6O4S. The van der Waals surface area contributed by atoms with Gasteiger partial charge in [0.15, 0.2) is 11.0 Å². The fourth-order valence-electron chi connectivity index (χ4n) is 3.41. The van der Waals surface area contributed by atoms with Gasteiger partial charge >= 0.3 is 0 Å². The number of nitro groups is 1. The zero-order valence-electron chi connectivity index (χ0n) is 19.7. The van der Waals surface area contributed by atoms with Gasteiger partial charge in [-0.15, -0.1) is 10.2 Å². The van der Waals surface area contributed by atoms with Gasteiger partial charge in [0.25, 0.3) is 11.6 Å². The predicted molar refractivity (Wildman–Crippen MR) is 140 cm³/mol.